The molecule has 7 nitrogen and oxygen atoms in total. The van der Waals surface area contributed by atoms with Crippen molar-refractivity contribution >= 4 is 26.9 Å². The molecular weight excluding hydrogens is 302 g/mol. The lowest BCUT2D eigenvalue weighted by Gasteiger charge is -2.35. The van der Waals surface area contributed by atoms with Gasteiger partial charge in [-0.25, -0.2) is 23.5 Å². The minimum atomic E-state index is -3.37. The molecule has 1 aliphatic carbocycles. The first kappa shape index (κ1) is 15.2. The van der Waals surface area contributed by atoms with E-state index < -0.39 is 10.0 Å². The van der Waals surface area contributed by atoms with E-state index in [1.54, 1.807) is 6.33 Å². The second-order valence-electron chi connectivity index (χ2n) is 6.05. The number of hydrogen-bond donors (Lipinski definition) is 2. The molecule has 22 heavy (non-hydrogen) atoms. The van der Waals surface area contributed by atoms with Crippen LogP contribution in [0.15, 0.2) is 18.6 Å². The van der Waals surface area contributed by atoms with Crippen LogP contribution in [0, 0.1) is 5.92 Å². The molecule has 0 spiro atoms. The van der Waals surface area contributed by atoms with Crippen LogP contribution in [0.3, 0.4) is 0 Å². The van der Waals surface area contributed by atoms with E-state index in [9.17, 15) is 8.42 Å². The van der Waals surface area contributed by atoms with Gasteiger partial charge in [-0.15, -0.1) is 0 Å². The van der Waals surface area contributed by atoms with E-state index in [0.717, 1.165) is 42.5 Å². The number of aromatic amines is 1. The van der Waals surface area contributed by atoms with E-state index >= 15 is 0 Å². The lowest BCUT2D eigenvalue weighted by molar-refractivity contribution is 0.341. The van der Waals surface area contributed by atoms with Gasteiger partial charge in [-0.05, 0) is 37.7 Å². The SMILES string of the molecule is CN(c1ncnc2[nH]ccc12)[C@H]1CC[C@H](CS(N)(=O)=O)CC1. The van der Waals surface area contributed by atoms with Gasteiger partial charge < -0.3 is 9.88 Å². The molecule has 1 saturated carbocycles. The number of H-pyrrole nitrogens is 1. The first-order valence-electron chi connectivity index (χ1n) is 7.45. The Balaban J connectivity index is 1.70. The molecule has 1 aliphatic rings. The van der Waals surface area contributed by atoms with Crippen molar-refractivity contribution in [3.8, 4) is 0 Å². The van der Waals surface area contributed by atoms with Gasteiger partial charge in [0.15, 0.2) is 0 Å². The van der Waals surface area contributed by atoms with Gasteiger partial charge in [-0.3, -0.25) is 0 Å². The third kappa shape index (κ3) is 3.22. The second-order valence-corrected chi connectivity index (χ2v) is 7.71. The molecular formula is C14H21N5O2S. The molecule has 2 aromatic heterocycles. The Morgan fingerprint density at radius 3 is 2.73 bits per heavy atom. The lowest BCUT2D eigenvalue weighted by Crippen LogP contribution is -2.37. The summed E-state index contributed by atoms with van der Waals surface area (Å²) in [5.74, 6) is 1.19. The highest BCUT2D eigenvalue weighted by molar-refractivity contribution is 7.89. The van der Waals surface area contributed by atoms with Gasteiger partial charge in [0.1, 0.15) is 17.8 Å². The van der Waals surface area contributed by atoms with Crippen molar-refractivity contribution in [2.75, 3.05) is 17.7 Å². The van der Waals surface area contributed by atoms with Gasteiger partial charge >= 0.3 is 0 Å². The standard InChI is InChI=1S/C14H21N5O2S/c1-19(14-12-6-7-16-13(12)17-9-18-14)11-4-2-10(3-5-11)8-22(15,20)21/h6-7,9-11H,2-5,8H2,1H3,(H2,15,20,21)(H,16,17,18)/t10-,11-. The molecule has 0 atom stereocenters. The number of nitrogens with zero attached hydrogens (tertiary/aromatic N) is 3. The molecule has 0 aliphatic heterocycles. The minimum Gasteiger partial charge on any atom is -0.356 e. The zero-order valence-electron chi connectivity index (χ0n) is 12.6. The number of anilines is 1. The smallest absolute Gasteiger partial charge is 0.209 e. The molecule has 1 fully saturated rings. The first-order valence-corrected chi connectivity index (χ1v) is 9.17. The van der Waals surface area contributed by atoms with Gasteiger partial charge in [-0.2, -0.15) is 0 Å². The summed E-state index contributed by atoms with van der Waals surface area (Å²) in [7, 11) is -1.33. The van der Waals surface area contributed by atoms with Crippen molar-refractivity contribution < 1.29 is 8.42 Å². The minimum absolute atomic E-state index is 0.0962. The lowest BCUT2D eigenvalue weighted by atomic mass is 9.86. The topological polar surface area (TPSA) is 105 Å². The third-order valence-electron chi connectivity index (χ3n) is 4.50. The van der Waals surface area contributed by atoms with Crippen LogP contribution in [0.2, 0.25) is 0 Å². The zero-order chi connectivity index (χ0) is 15.7. The first-order chi connectivity index (χ1) is 10.4. The number of nitrogens with one attached hydrogen (secondary N) is 1. The fraction of sp³-hybridized carbons (Fsp3) is 0.571. The fourth-order valence-electron chi connectivity index (χ4n) is 3.34. The van der Waals surface area contributed by atoms with Crippen molar-refractivity contribution in [1.29, 1.82) is 0 Å². The predicted octanol–water partition coefficient (Wildman–Crippen LogP) is 1.24. The van der Waals surface area contributed by atoms with Crippen LogP contribution in [0.25, 0.3) is 11.0 Å². The molecule has 0 aromatic carbocycles. The highest BCUT2D eigenvalue weighted by atomic mass is 32.2. The van der Waals surface area contributed by atoms with Crippen LogP contribution < -0.4 is 10.0 Å². The summed E-state index contributed by atoms with van der Waals surface area (Å²) >= 11 is 0. The Morgan fingerprint density at radius 1 is 1.32 bits per heavy atom. The Hall–Kier alpha value is -1.67. The van der Waals surface area contributed by atoms with Crippen LogP contribution in [0.1, 0.15) is 25.7 Å². The van der Waals surface area contributed by atoms with Gasteiger partial charge in [0.05, 0.1) is 11.1 Å². The molecule has 0 amide bonds. The molecule has 0 radical (unpaired) electrons. The molecule has 0 bridgehead atoms. The molecule has 3 rings (SSSR count). The number of nitrogens with two attached hydrogens (primary N) is 1. The molecule has 2 aromatic rings. The number of primary sulfonamides is 1. The van der Waals surface area contributed by atoms with E-state index in [1.807, 2.05) is 19.3 Å². The summed E-state index contributed by atoms with van der Waals surface area (Å²) in [6.07, 6.45) is 7.09. The fourth-order valence-corrected chi connectivity index (χ4v) is 4.33. The van der Waals surface area contributed by atoms with Crippen molar-refractivity contribution in [2.24, 2.45) is 11.1 Å². The van der Waals surface area contributed by atoms with E-state index in [0.29, 0.717) is 6.04 Å². The molecule has 8 heteroatoms. The molecule has 2 heterocycles. The van der Waals surface area contributed by atoms with Crippen molar-refractivity contribution in [1.82, 2.24) is 15.0 Å². The van der Waals surface area contributed by atoms with E-state index in [1.165, 1.54) is 0 Å². The van der Waals surface area contributed by atoms with Crippen LogP contribution in [-0.4, -0.2) is 42.2 Å². The summed E-state index contributed by atoms with van der Waals surface area (Å²) in [4.78, 5) is 13.9. The normalized spacial score (nSPS) is 22.8. The summed E-state index contributed by atoms with van der Waals surface area (Å²) in [6.45, 7) is 0. The number of aromatic nitrogens is 3. The Kier molecular flexibility index (Phi) is 4.05. The molecule has 3 N–H and O–H groups in total. The van der Waals surface area contributed by atoms with Gasteiger partial charge in [-0.1, -0.05) is 0 Å². The monoisotopic (exact) mass is 323 g/mol. The maximum atomic E-state index is 11.2. The number of rotatable bonds is 4. The molecule has 120 valence electrons. The number of fused-ring (bicyclic) bond motifs is 1. The summed E-state index contributed by atoms with van der Waals surface area (Å²) in [5, 5.41) is 6.15. The van der Waals surface area contributed by atoms with E-state index in [2.05, 4.69) is 19.9 Å². The summed E-state index contributed by atoms with van der Waals surface area (Å²) < 4.78 is 22.4. The Morgan fingerprint density at radius 2 is 2.05 bits per heavy atom. The average molecular weight is 323 g/mol. The summed E-state index contributed by atoms with van der Waals surface area (Å²) in [5.41, 5.74) is 0.833. The van der Waals surface area contributed by atoms with E-state index in [4.69, 9.17) is 5.14 Å². The zero-order valence-corrected chi connectivity index (χ0v) is 13.4. The Bertz CT molecular complexity index is 749. The third-order valence-corrected chi connectivity index (χ3v) is 5.44. The average Bonchev–Trinajstić information content (AvgIpc) is 2.94. The highest BCUT2D eigenvalue weighted by Crippen LogP contribution is 2.31. The summed E-state index contributed by atoms with van der Waals surface area (Å²) in [6, 6.07) is 2.35. The van der Waals surface area contributed by atoms with Crippen LogP contribution >= 0.6 is 0 Å². The highest BCUT2D eigenvalue weighted by Gasteiger charge is 2.27. The molecule has 0 unspecified atom stereocenters. The van der Waals surface area contributed by atoms with Crippen LogP contribution in [0.4, 0.5) is 5.82 Å². The van der Waals surface area contributed by atoms with Crippen molar-refractivity contribution in [3.63, 3.8) is 0 Å². The maximum absolute atomic E-state index is 11.2. The molecule has 0 saturated heterocycles. The van der Waals surface area contributed by atoms with Gasteiger partial charge in [0, 0.05) is 19.3 Å². The van der Waals surface area contributed by atoms with Crippen molar-refractivity contribution in [3.05, 3.63) is 18.6 Å². The number of hydrogen-bond acceptors (Lipinski definition) is 5. The second kappa shape index (κ2) is 5.85. The maximum Gasteiger partial charge on any atom is 0.209 e. The van der Waals surface area contributed by atoms with Crippen molar-refractivity contribution in [2.45, 2.75) is 31.7 Å². The van der Waals surface area contributed by atoms with Crippen LogP contribution in [-0.2, 0) is 10.0 Å². The number of sulfonamides is 1. The predicted molar refractivity (Wildman–Crippen MR) is 86.0 cm³/mol. The quantitative estimate of drug-likeness (QED) is 0.881. The van der Waals surface area contributed by atoms with Gasteiger partial charge in [0.2, 0.25) is 10.0 Å². The van der Waals surface area contributed by atoms with Crippen LogP contribution in [0.5, 0.6) is 0 Å². The largest absolute Gasteiger partial charge is 0.356 e. The van der Waals surface area contributed by atoms with Gasteiger partial charge in [0.25, 0.3) is 0 Å². The Labute approximate surface area is 130 Å². The van der Waals surface area contributed by atoms with E-state index in [-0.39, 0.29) is 11.7 Å².